The smallest absolute Gasteiger partial charge is 0.408 e. The van der Waals surface area contributed by atoms with Crippen LogP contribution in [0, 0.1) is 0 Å². The van der Waals surface area contributed by atoms with Gasteiger partial charge in [0.2, 0.25) is 10.0 Å². The predicted octanol–water partition coefficient (Wildman–Crippen LogP) is 2.73. The van der Waals surface area contributed by atoms with E-state index in [1.165, 1.54) is 18.2 Å². The first-order valence-corrected chi connectivity index (χ1v) is 9.53. The molecular weight excluding hydrogens is 342 g/mol. The molecule has 2 heterocycles. The van der Waals surface area contributed by atoms with E-state index in [9.17, 15) is 13.2 Å². The van der Waals surface area contributed by atoms with Gasteiger partial charge in [0.15, 0.2) is 5.58 Å². The fraction of sp³-hybridized carbons (Fsp3) is 0.294. The third kappa shape index (κ3) is 3.97. The number of oxazole rings is 1. The molecule has 0 saturated carbocycles. The summed E-state index contributed by atoms with van der Waals surface area (Å²) in [4.78, 5) is 17.8. The molecule has 3 rings (SSSR count). The number of unbranched alkanes of at least 4 members (excludes halogenated alkanes) is 1. The molecule has 8 heteroatoms. The number of nitrogens with one attached hydrogen (secondary N) is 2. The van der Waals surface area contributed by atoms with Crippen LogP contribution in [-0.4, -0.2) is 18.4 Å². The van der Waals surface area contributed by atoms with E-state index in [-0.39, 0.29) is 16.5 Å². The minimum absolute atomic E-state index is 0.0492. The van der Waals surface area contributed by atoms with Crippen molar-refractivity contribution in [3.63, 3.8) is 0 Å². The normalized spacial score (nSPS) is 13.2. The zero-order chi connectivity index (χ0) is 17.9. The van der Waals surface area contributed by atoms with Crippen molar-refractivity contribution in [1.82, 2.24) is 14.7 Å². The van der Waals surface area contributed by atoms with Gasteiger partial charge in [-0.25, -0.2) is 17.9 Å². The molecule has 1 atom stereocenters. The fourth-order valence-electron chi connectivity index (χ4n) is 2.63. The summed E-state index contributed by atoms with van der Waals surface area (Å²) in [5.74, 6) is -0.617. The molecule has 3 aromatic rings. The summed E-state index contributed by atoms with van der Waals surface area (Å²) in [5, 5.41) is 0. The summed E-state index contributed by atoms with van der Waals surface area (Å²) < 4.78 is 33.2. The van der Waals surface area contributed by atoms with Crippen LogP contribution in [0.3, 0.4) is 0 Å². The van der Waals surface area contributed by atoms with E-state index < -0.39 is 15.8 Å². The highest BCUT2D eigenvalue weighted by Gasteiger charge is 2.22. The van der Waals surface area contributed by atoms with Gasteiger partial charge in [0, 0.05) is 24.5 Å². The predicted molar refractivity (Wildman–Crippen MR) is 93.7 cm³/mol. The van der Waals surface area contributed by atoms with E-state index in [1.807, 2.05) is 6.07 Å². The van der Waals surface area contributed by atoms with Crippen molar-refractivity contribution in [3.05, 3.63) is 58.8 Å². The van der Waals surface area contributed by atoms with Crippen LogP contribution in [0.25, 0.3) is 11.1 Å². The Balaban J connectivity index is 1.91. The Morgan fingerprint density at radius 3 is 2.88 bits per heavy atom. The highest BCUT2D eigenvalue weighted by molar-refractivity contribution is 7.89. The van der Waals surface area contributed by atoms with Crippen LogP contribution < -0.4 is 10.5 Å². The van der Waals surface area contributed by atoms with Gasteiger partial charge in [-0.1, -0.05) is 25.8 Å². The Labute approximate surface area is 145 Å². The second kappa shape index (κ2) is 7.20. The Bertz CT molecular complexity index is 1010. The summed E-state index contributed by atoms with van der Waals surface area (Å²) in [5.41, 5.74) is 1.48. The van der Waals surface area contributed by atoms with Gasteiger partial charge in [0.25, 0.3) is 0 Å². The van der Waals surface area contributed by atoms with Crippen LogP contribution in [0.5, 0.6) is 0 Å². The number of H-pyrrole nitrogens is 1. The van der Waals surface area contributed by atoms with Gasteiger partial charge in [-0.3, -0.25) is 9.97 Å². The average Bonchev–Trinajstić information content (AvgIpc) is 2.98. The third-order valence-electron chi connectivity index (χ3n) is 3.93. The maximum absolute atomic E-state index is 12.8. The van der Waals surface area contributed by atoms with Crippen molar-refractivity contribution in [2.75, 3.05) is 0 Å². The van der Waals surface area contributed by atoms with Crippen molar-refractivity contribution in [2.24, 2.45) is 0 Å². The van der Waals surface area contributed by atoms with Crippen molar-refractivity contribution in [2.45, 2.75) is 37.1 Å². The second-order valence-corrected chi connectivity index (χ2v) is 7.49. The number of fused-ring (bicyclic) bond motifs is 1. The lowest BCUT2D eigenvalue weighted by Gasteiger charge is -2.18. The van der Waals surface area contributed by atoms with Crippen LogP contribution in [0.1, 0.15) is 37.8 Å². The third-order valence-corrected chi connectivity index (χ3v) is 5.40. The molecule has 132 valence electrons. The summed E-state index contributed by atoms with van der Waals surface area (Å²) in [6.07, 6.45) is 5.82. The molecule has 0 unspecified atom stereocenters. The van der Waals surface area contributed by atoms with E-state index in [2.05, 4.69) is 21.6 Å². The number of sulfonamides is 1. The van der Waals surface area contributed by atoms with Gasteiger partial charge >= 0.3 is 5.76 Å². The summed E-state index contributed by atoms with van der Waals surface area (Å²) in [7, 11) is -3.77. The molecule has 2 N–H and O–H groups in total. The van der Waals surface area contributed by atoms with Crippen LogP contribution >= 0.6 is 0 Å². The molecule has 7 nitrogen and oxygen atoms in total. The quantitative estimate of drug-likeness (QED) is 0.673. The van der Waals surface area contributed by atoms with Crippen molar-refractivity contribution in [1.29, 1.82) is 0 Å². The first-order chi connectivity index (χ1) is 12.0. The second-order valence-electron chi connectivity index (χ2n) is 5.77. The first-order valence-electron chi connectivity index (χ1n) is 8.05. The number of rotatable bonds is 7. The maximum Gasteiger partial charge on any atom is 0.417 e. The van der Waals surface area contributed by atoms with Crippen LogP contribution in [0.2, 0.25) is 0 Å². The van der Waals surface area contributed by atoms with E-state index >= 15 is 0 Å². The van der Waals surface area contributed by atoms with Gasteiger partial charge in [-0.05, 0) is 30.2 Å². The molecule has 25 heavy (non-hydrogen) atoms. The van der Waals surface area contributed by atoms with Crippen molar-refractivity contribution in [3.8, 4) is 0 Å². The summed E-state index contributed by atoms with van der Waals surface area (Å²) >= 11 is 0. The monoisotopic (exact) mass is 361 g/mol. The lowest BCUT2D eigenvalue weighted by atomic mass is 10.0. The van der Waals surface area contributed by atoms with Crippen molar-refractivity contribution < 1.29 is 12.8 Å². The molecule has 2 aromatic heterocycles. The molecule has 0 spiro atoms. The Hall–Kier alpha value is -2.45. The molecule has 1 aromatic carbocycles. The summed E-state index contributed by atoms with van der Waals surface area (Å²) in [6, 6.07) is 7.56. The van der Waals surface area contributed by atoms with Crippen molar-refractivity contribution >= 4 is 21.1 Å². The van der Waals surface area contributed by atoms with Crippen LogP contribution in [-0.2, 0) is 10.0 Å². The number of benzene rings is 1. The minimum atomic E-state index is -3.77. The Morgan fingerprint density at radius 2 is 2.16 bits per heavy atom. The van der Waals surface area contributed by atoms with Gasteiger partial charge < -0.3 is 4.42 Å². The fourth-order valence-corrected chi connectivity index (χ4v) is 3.91. The largest absolute Gasteiger partial charge is 0.417 e. The molecule has 0 radical (unpaired) electrons. The Morgan fingerprint density at radius 1 is 1.32 bits per heavy atom. The molecule has 0 saturated heterocycles. The zero-order valence-electron chi connectivity index (χ0n) is 13.7. The molecule has 0 bridgehead atoms. The summed E-state index contributed by atoms with van der Waals surface area (Å²) in [6.45, 7) is 2.05. The number of hydrogen-bond donors (Lipinski definition) is 2. The lowest BCUT2D eigenvalue weighted by molar-refractivity contribution is 0.524. The SMILES string of the molecule is CCCC[C@@H](NS(=O)(=O)c1ccc2[nH]c(=O)oc2c1)c1cccnc1. The highest BCUT2D eigenvalue weighted by atomic mass is 32.2. The van der Waals surface area contributed by atoms with E-state index in [0.29, 0.717) is 11.9 Å². The average molecular weight is 361 g/mol. The van der Waals surface area contributed by atoms with E-state index in [4.69, 9.17) is 4.42 Å². The number of nitrogens with zero attached hydrogens (tertiary/aromatic N) is 1. The molecule has 0 amide bonds. The number of hydrogen-bond acceptors (Lipinski definition) is 5. The lowest BCUT2D eigenvalue weighted by Crippen LogP contribution is -2.28. The minimum Gasteiger partial charge on any atom is -0.408 e. The molecular formula is C17H19N3O4S. The van der Waals surface area contributed by atoms with Gasteiger partial charge in [0.05, 0.1) is 10.4 Å². The number of pyridine rings is 1. The molecule has 0 fully saturated rings. The van der Waals surface area contributed by atoms with Gasteiger partial charge in [-0.2, -0.15) is 0 Å². The van der Waals surface area contributed by atoms with Crippen LogP contribution in [0.15, 0.2) is 56.8 Å². The van der Waals surface area contributed by atoms with Gasteiger partial charge in [-0.15, -0.1) is 0 Å². The molecule has 0 aliphatic heterocycles. The van der Waals surface area contributed by atoms with Gasteiger partial charge in [0.1, 0.15) is 0 Å². The maximum atomic E-state index is 12.8. The highest BCUT2D eigenvalue weighted by Crippen LogP contribution is 2.23. The standard InChI is InChI=1S/C17H19N3O4S/c1-2-3-6-14(12-5-4-9-18-11-12)20-25(22,23)13-7-8-15-16(10-13)24-17(21)19-15/h4-5,7-11,14,20H,2-3,6H2,1H3,(H,19,21)/t14-/m1/s1. The number of aromatic nitrogens is 2. The Kier molecular flexibility index (Phi) is 5.00. The zero-order valence-corrected chi connectivity index (χ0v) is 14.5. The van der Waals surface area contributed by atoms with Crippen LogP contribution in [0.4, 0.5) is 0 Å². The molecule has 0 aliphatic rings. The molecule has 0 aliphatic carbocycles. The van der Waals surface area contributed by atoms with E-state index in [0.717, 1.165) is 18.4 Å². The topological polar surface area (TPSA) is 105 Å². The van der Waals surface area contributed by atoms with E-state index in [1.54, 1.807) is 18.5 Å². The number of aromatic amines is 1. The first kappa shape index (κ1) is 17.4.